The quantitative estimate of drug-likeness (QED) is 0.338. The minimum Gasteiger partial charge on any atom is -0.496 e. The van der Waals surface area contributed by atoms with Crippen molar-refractivity contribution in [3.05, 3.63) is 71.2 Å². The number of benzene rings is 2. The van der Waals surface area contributed by atoms with Crippen LogP contribution in [0.4, 0.5) is 14.6 Å². The van der Waals surface area contributed by atoms with Crippen molar-refractivity contribution in [1.82, 2.24) is 14.5 Å². The number of aromatic carboxylic acids is 1. The van der Waals surface area contributed by atoms with E-state index in [1.54, 1.807) is 22.8 Å². The van der Waals surface area contributed by atoms with Gasteiger partial charge in [0.05, 0.1) is 23.9 Å². The van der Waals surface area contributed by atoms with Crippen LogP contribution in [0.15, 0.2) is 42.7 Å². The van der Waals surface area contributed by atoms with Crippen molar-refractivity contribution in [2.45, 2.75) is 26.3 Å². The molecule has 0 saturated heterocycles. The summed E-state index contributed by atoms with van der Waals surface area (Å²) in [6, 6.07) is 10.9. The van der Waals surface area contributed by atoms with Gasteiger partial charge in [-0.25, -0.2) is 23.5 Å². The number of carboxylic acids is 1. The first-order valence-electron chi connectivity index (χ1n) is 11.3. The number of fused-ring (bicyclic) bond motifs is 1. The Balaban J connectivity index is 1.58. The average Bonchev–Trinajstić information content (AvgIpc) is 3.23. The highest BCUT2D eigenvalue weighted by molar-refractivity contribution is 5.91. The van der Waals surface area contributed by atoms with Gasteiger partial charge in [0.25, 0.3) is 0 Å². The molecule has 0 unspecified atom stereocenters. The number of nitrogens with zero attached hydrogens (tertiary/aromatic N) is 4. The fourth-order valence-corrected chi connectivity index (χ4v) is 4.24. The van der Waals surface area contributed by atoms with Gasteiger partial charge in [0.15, 0.2) is 0 Å². The third-order valence-electron chi connectivity index (χ3n) is 5.81. The van der Waals surface area contributed by atoms with Crippen LogP contribution in [-0.2, 0) is 13.0 Å². The second kappa shape index (κ2) is 10.4. The lowest BCUT2D eigenvalue weighted by Crippen LogP contribution is -2.13. The first-order chi connectivity index (χ1) is 17.4. The van der Waals surface area contributed by atoms with Gasteiger partial charge in [0.1, 0.15) is 41.3 Å². The number of aromatic nitrogens is 3. The van der Waals surface area contributed by atoms with E-state index in [-0.39, 0.29) is 23.3 Å². The van der Waals surface area contributed by atoms with Crippen LogP contribution in [0.1, 0.15) is 35.0 Å². The van der Waals surface area contributed by atoms with Crippen LogP contribution < -0.4 is 10.1 Å². The summed E-state index contributed by atoms with van der Waals surface area (Å²) in [5, 5.41) is 22.5. The van der Waals surface area contributed by atoms with Crippen molar-refractivity contribution in [3.8, 4) is 23.1 Å². The summed E-state index contributed by atoms with van der Waals surface area (Å²) in [4.78, 5) is 19.9. The van der Waals surface area contributed by atoms with Crippen molar-refractivity contribution in [2.75, 3.05) is 19.0 Å². The smallest absolute Gasteiger partial charge is 0.338 e. The molecule has 0 amide bonds. The van der Waals surface area contributed by atoms with E-state index in [2.05, 4.69) is 21.4 Å². The van der Waals surface area contributed by atoms with E-state index >= 15 is 0 Å². The Morgan fingerprint density at radius 1 is 1.19 bits per heavy atom. The van der Waals surface area contributed by atoms with Gasteiger partial charge in [-0.05, 0) is 42.3 Å². The lowest BCUT2D eigenvalue weighted by atomic mass is 9.98. The van der Waals surface area contributed by atoms with E-state index in [1.165, 1.54) is 25.6 Å². The molecule has 0 bridgehead atoms. The van der Waals surface area contributed by atoms with Crippen molar-refractivity contribution in [1.29, 1.82) is 5.26 Å². The fraction of sp³-hybridized carbons (Fsp3) is 0.231. The maximum Gasteiger partial charge on any atom is 0.338 e. The molecule has 184 valence electrons. The van der Waals surface area contributed by atoms with Gasteiger partial charge in [-0.3, -0.25) is 0 Å². The number of carbonyl (C=O) groups is 1. The molecule has 10 heteroatoms. The van der Waals surface area contributed by atoms with Gasteiger partial charge in [0.2, 0.25) is 0 Å². The number of hydrogen-bond acceptors (Lipinski definition) is 6. The van der Waals surface area contributed by atoms with Gasteiger partial charge in [-0.1, -0.05) is 13.3 Å². The van der Waals surface area contributed by atoms with Crippen LogP contribution in [0.2, 0.25) is 0 Å². The van der Waals surface area contributed by atoms with E-state index in [0.717, 1.165) is 6.07 Å². The fourth-order valence-electron chi connectivity index (χ4n) is 4.24. The number of carboxylic acid groups (broad SMARTS) is 1. The predicted octanol–water partition coefficient (Wildman–Crippen LogP) is 5.02. The lowest BCUT2D eigenvalue weighted by molar-refractivity contribution is 0.0690. The Morgan fingerprint density at radius 2 is 2.00 bits per heavy atom. The second-order valence-corrected chi connectivity index (χ2v) is 8.07. The molecule has 0 atom stereocenters. The summed E-state index contributed by atoms with van der Waals surface area (Å²) in [5.74, 6) is -1.69. The van der Waals surface area contributed by atoms with Gasteiger partial charge >= 0.3 is 5.97 Å². The van der Waals surface area contributed by atoms with Gasteiger partial charge in [0, 0.05) is 30.1 Å². The number of nitrogens with one attached hydrogen (secondary N) is 1. The van der Waals surface area contributed by atoms with Crippen LogP contribution in [0.3, 0.4) is 0 Å². The van der Waals surface area contributed by atoms with Crippen molar-refractivity contribution in [3.63, 3.8) is 0 Å². The Labute approximate surface area is 205 Å². The van der Waals surface area contributed by atoms with Crippen LogP contribution in [0.25, 0.3) is 22.2 Å². The van der Waals surface area contributed by atoms with E-state index < -0.39 is 17.6 Å². The summed E-state index contributed by atoms with van der Waals surface area (Å²) in [6.07, 6.45) is 2.39. The number of anilines is 1. The number of nitriles is 1. The highest BCUT2D eigenvalue weighted by atomic mass is 19.1. The molecule has 8 nitrogen and oxygen atoms in total. The molecule has 0 saturated carbocycles. The van der Waals surface area contributed by atoms with E-state index in [0.29, 0.717) is 53.2 Å². The number of halogens is 2. The van der Waals surface area contributed by atoms with Crippen LogP contribution in [0, 0.1) is 23.0 Å². The van der Waals surface area contributed by atoms with Crippen molar-refractivity contribution in [2.24, 2.45) is 0 Å². The number of ether oxygens (including phenoxy) is 1. The molecule has 4 rings (SSSR count). The SMILES string of the molecule is CCCc1cc(-c2cc(NCCn3c(C#N)cc4c(OC)ccc(F)c43)ncn2)cc(F)c1C(=O)O. The maximum absolute atomic E-state index is 14.6. The molecule has 4 aromatic rings. The molecule has 2 heterocycles. The molecule has 0 aliphatic carbocycles. The summed E-state index contributed by atoms with van der Waals surface area (Å²) < 4.78 is 36.1. The Morgan fingerprint density at radius 3 is 2.69 bits per heavy atom. The minimum absolute atomic E-state index is 0.262. The molecule has 2 aromatic carbocycles. The highest BCUT2D eigenvalue weighted by Gasteiger charge is 2.19. The molecule has 0 aliphatic rings. The minimum atomic E-state index is -1.31. The number of rotatable bonds is 9. The molecule has 0 radical (unpaired) electrons. The molecular weight excluding hydrogens is 468 g/mol. The molecule has 0 aliphatic heterocycles. The zero-order chi connectivity index (χ0) is 25.8. The number of aryl methyl sites for hydroxylation is 1. The lowest BCUT2D eigenvalue weighted by Gasteiger charge is -2.12. The molecule has 0 spiro atoms. The predicted molar refractivity (Wildman–Crippen MR) is 130 cm³/mol. The maximum atomic E-state index is 14.6. The first-order valence-corrected chi connectivity index (χ1v) is 11.3. The van der Waals surface area contributed by atoms with E-state index in [1.807, 2.05) is 6.92 Å². The monoisotopic (exact) mass is 491 g/mol. The number of methoxy groups -OCH3 is 1. The largest absolute Gasteiger partial charge is 0.496 e. The Hall–Kier alpha value is -4.52. The molecular formula is C26H23F2N5O3. The zero-order valence-electron chi connectivity index (χ0n) is 19.7. The summed E-state index contributed by atoms with van der Waals surface area (Å²) >= 11 is 0. The summed E-state index contributed by atoms with van der Waals surface area (Å²) in [5.41, 5.74) is 1.48. The zero-order valence-corrected chi connectivity index (χ0v) is 19.7. The molecule has 0 fully saturated rings. The second-order valence-electron chi connectivity index (χ2n) is 8.07. The van der Waals surface area contributed by atoms with Gasteiger partial charge in [-0.15, -0.1) is 0 Å². The van der Waals surface area contributed by atoms with Gasteiger partial charge < -0.3 is 19.7 Å². The standard InChI is InChI=1S/C26H23F2N5O3/c1-3-4-15-9-16(10-20(28)24(15)26(34)35)21-12-23(32-14-31-21)30-7-8-33-17(13-29)11-18-22(36-2)6-5-19(27)25(18)33/h5-6,9-12,14H,3-4,7-8H2,1-2H3,(H,34,35)(H,30,31,32). The molecule has 2 N–H and O–H groups in total. The first kappa shape index (κ1) is 24.6. The number of hydrogen-bond donors (Lipinski definition) is 2. The Kier molecular flexibility index (Phi) is 7.10. The molecule has 2 aromatic heterocycles. The third kappa shape index (κ3) is 4.68. The van der Waals surface area contributed by atoms with Crippen LogP contribution >= 0.6 is 0 Å². The normalized spacial score (nSPS) is 10.9. The Bertz CT molecular complexity index is 1490. The summed E-state index contributed by atoms with van der Waals surface area (Å²) in [7, 11) is 1.48. The molecule has 36 heavy (non-hydrogen) atoms. The summed E-state index contributed by atoms with van der Waals surface area (Å²) in [6.45, 7) is 2.45. The van der Waals surface area contributed by atoms with E-state index in [4.69, 9.17) is 4.74 Å². The van der Waals surface area contributed by atoms with Crippen LogP contribution in [0.5, 0.6) is 5.75 Å². The van der Waals surface area contributed by atoms with Crippen molar-refractivity contribution >= 4 is 22.7 Å². The van der Waals surface area contributed by atoms with E-state index in [9.17, 15) is 23.9 Å². The topological polar surface area (TPSA) is 113 Å². The van der Waals surface area contributed by atoms with Crippen LogP contribution in [-0.4, -0.2) is 39.3 Å². The van der Waals surface area contributed by atoms with Gasteiger partial charge in [-0.2, -0.15) is 5.26 Å². The van der Waals surface area contributed by atoms with Crippen molar-refractivity contribution < 1.29 is 23.4 Å². The highest BCUT2D eigenvalue weighted by Crippen LogP contribution is 2.31. The third-order valence-corrected chi connectivity index (χ3v) is 5.81. The average molecular weight is 491 g/mol.